The summed E-state index contributed by atoms with van der Waals surface area (Å²) in [6, 6.07) is 10.9. The third-order valence-electron chi connectivity index (χ3n) is 5.75. The lowest BCUT2D eigenvalue weighted by molar-refractivity contribution is 0.205. The second-order valence-corrected chi connectivity index (χ2v) is 10.1. The molecule has 0 unspecified atom stereocenters. The smallest absolute Gasteiger partial charge is 0.322 e. The van der Waals surface area contributed by atoms with Gasteiger partial charge in [0.1, 0.15) is 16.4 Å². The van der Waals surface area contributed by atoms with Crippen molar-refractivity contribution in [2.24, 2.45) is 0 Å². The molecule has 0 aliphatic heterocycles. The Morgan fingerprint density at radius 2 is 2.09 bits per heavy atom. The highest BCUT2D eigenvalue weighted by Gasteiger charge is 2.22. The van der Waals surface area contributed by atoms with Crippen LogP contribution in [-0.2, 0) is 25.9 Å². The number of hydrogen-bond donors (Lipinski definition) is 2. The molecule has 0 saturated carbocycles. The Bertz CT molecular complexity index is 1340. The van der Waals surface area contributed by atoms with Crippen LogP contribution in [0.3, 0.4) is 0 Å². The maximum Gasteiger partial charge on any atom is 0.322 e. The maximum absolute atomic E-state index is 13.2. The van der Waals surface area contributed by atoms with Gasteiger partial charge in [-0.3, -0.25) is 4.79 Å². The number of urea groups is 1. The first kappa shape index (κ1) is 21.7. The summed E-state index contributed by atoms with van der Waals surface area (Å²) in [6.07, 6.45) is 4.22. The predicted molar refractivity (Wildman–Crippen MR) is 132 cm³/mol. The number of nitrogens with zero attached hydrogens (tertiary/aromatic N) is 2. The molecule has 2 amide bonds. The van der Waals surface area contributed by atoms with Crippen LogP contribution in [-0.4, -0.2) is 28.0 Å². The molecule has 0 spiro atoms. The Labute approximate surface area is 199 Å². The van der Waals surface area contributed by atoms with Crippen molar-refractivity contribution < 1.29 is 9.53 Å². The van der Waals surface area contributed by atoms with Crippen molar-refractivity contribution in [2.45, 2.75) is 38.8 Å². The van der Waals surface area contributed by atoms with Crippen LogP contribution in [0.5, 0.6) is 5.75 Å². The van der Waals surface area contributed by atoms with Crippen molar-refractivity contribution in [3.8, 4) is 5.75 Å². The van der Waals surface area contributed by atoms with Gasteiger partial charge in [-0.15, -0.1) is 22.7 Å². The molecular weight excluding hydrogens is 456 g/mol. The monoisotopic (exact) mass is 480 g/mol. The minimum absolute atomic E-state index is 0.112. The summed E-state index contributed by atoms with van der Waals surface area (Å²) >= 11 is 3.20. The average Bonchev–Trinajstić information content (AvgIpc) is 3.46. The number of hydrogen-bond acceptors (Lipinski definition) is 6. The van der Waals surface area contributed by atoms with Crippen LogP contribution in [0.15, 0.2) is 46.6 Å². The van der Waals surface area contributed by atoms with Gasteiger partial charge in [0.2, 0.25) is 0 Å². The Hall–Kier alpha value is -3.17. The molecule has 0 atom stereocenters. The molecule has 4 aromatic rings. The van der Waals surface area contributed by atoms with Crippen LogP contribution in [0.4, 0.5) is 10.5 Å². The Balaban J connectivity index is 1.43. The quantitative estimate of drug-likeness (QED) is 0.399. The SMILES string of the molecule is COc1cccc(NC(=O)N(Cc2nc3sc4c(c3c(=O)[nH]2)CCCC4)Cc2cccs2)c1. The molecular formula is C24H24N4O3S2. The minimum Gasteiger partial charge on any atom is -0.497 e. The summed E-state index contributed by atoms with van der Waals surface area (Å²) in [5.41, 5.74) is 1.69. The number of carbonyl (C=O) groups excluding carboxylic acids is 1. The number of ether oxygens (including phenoxy) is 1. The molecule has 0 fully saturated rings. The maximum atomic E-state index is 13.2. The van der Waals surface area contributed by atoms with Crippen LogP contribution >= 0.6 is 22.7 Å². The van der Waals surface area contributed by atoms with E-state index in [1.807, 2.05) is 35.7 Å². The van der Waals surface area contributed by atoms with E-state index in [4.69, 9.17) is 9.72 Å². The zero-order valence-electron chi connectivity index (χ0n) is 18.2. The van der Waals surface area contributed by atoms with E-state index in [2.05, 4.69) is 10.3 Å². The highest BCUT2D eigenvalue weighted by Crippen LogP contribution is 2.33. The van der Waals surface area contributed by atoms with Crippen molar-refractivity contribution >= 4 is 44.6 Å². The highest BCUT2D eigenvalue weighted by atomic mass is 32.1. The fourth-order valence-electron chi connectivity index (χ4n) is 4.16. The number of aromatic amines is 1. The van der Waals surface area contributed by atoms with E-state index in [0.717, 1.165) is 46.3 Å². The number of aromatic nitrogens is 2. The summed E-state index contributed by atoms with van der Waals surface area (Å²) in [5, 5.41) is 5.64. The lowest BCUT2D eigenvalue weighted by Crippen LogP contribution is -2.35. The molecule has 33 heavy (non-hydrogen) atoms. The number of fused-ring (bicyclic) bond motifs is 3. The summed E-state index contributed by atoms with van der Waals surface area (Å²) in [4.78, 5) is 38.6. The second kappa shape index (κ2) is 9.36. The van der Waals surface area contributed by atoms with Gasteiger partial charge in [-0.1, -0.05) is 12.1 Å². The number of carbonyl (C=O) groups is 1. The summed E-state index contributed by atoms with van der Waals surface area (Å²) in [5.74, 6) is 1.15. The number of methoxy groups -OCH3 is 1. The van der Waals surface area contributed by atoms with E-state index in [0.29, 0.717) is 23.8 Å². The molecule has 170 valence electrons. The van der Waals surface area contributed by atoms with Crippen LogP contribution in [0.25, 0.3) is 10.2 Å². The van der Waals surface area contributed by atoms with E-state index in [1.54, 1.807) is 40.7 Å². The van der Waals surface area contributed by atoms with Crippen LogP contribution in [0.1, 0.15) is 34.0 Å². The lowest BCUT2D eigenvalue weighted by atomic mass is 9.97. The van der Waals surface area contributed by atoms with Gasteiger partial charge in [-0.05, 0) is 54.8 Å². The van der Waals surface area contributed by atoms with Gasteiger partial charge >= 0.3 is 6.03 Å². The molecule has 0 bridgehead atoms. The van der Waals surface area contributed by atoms with Crippen LogP contribution in [0.2, 0.25) is 0 Å². The standard InChI is InChI=1S/C24H24N4O3S2/c1-31-16-7-4-6-15(12-16)25-24(30)28(13-17-8-5-11-32-17)14-20-26-22(29)21-18-9-2-3-10-19(18)33-23(21)27-20/h4-8,11-12H,2-3,9-10,13-14H2,1H3,(H,25,30)(H,26,27,29). The number of thiophene rings is 2. The Kier molecular flexibility index (Phi) is 6.15. The zero-order valence-corrected chi connectivity index (χ0v) is 19.9. The Morgan fingerprint density at radius 3 is 2.91 bits per heavy atom. The van der Waals surface area contributed by atoms with Gasteiger partial charge in [0.15, 0.2) is 0 Å². The van der Waals surface area contributed by atoms with Gasteiger partial charge in [0.25, 0.3) is 5.56 Å². The summed E-state index contributed by atoms with van der Waals surface area (Å²) < 4.78 is 5.25. The lowest BCUT2D eigenvalue weighted by Gasteiger charge is -2.22. The first-order valence-corrected chi connectivity index (χ1v) is 12.6. The summed E-state index contributed by atoms with van der Waals surface area (Å²) in [6.45, 7) is 0.609. The fraction of sp³-hybridized carbons (Fsp3) is 0.292. The molecule has 1 aliphatic rings. The van der Waals surface area contributed by atoms with Gasteiger partial charge in [-0.25, -0.2) is 9.78 Å². The zero-order chi connectivity index (χ0) is 22.8. The van der Waals surface area contributed by atoms with E-state index < -0.39 is 0 Å². The number of anilines is 1. The van der Waals surface area contributed by atoms with Crippen molar-refractivity contribution in [2.75, 3.05) is 12.4 Å². The normalized spacial score (nSPS) is 13.0. The fourth-order valence-corrected chi connectivity index (χ4v) is 6.16. The number of benzene rings is 1. The molecule has 5 rings (SSSR count). The first-order chi connectivity index (χ1) is 16.1. The van der Waals surface area contributed by atoms with Gasteiger partial charge in [0, 0.05) is 21.5 Å². The van der Waals surface area contributed by atoms with Crippen LogP contribution < -0.4 is 15.6 Å². The van der Waals surface area contributed by atoms with Crippen molar-refractivity contribution in [3.63, 3.8) is 0 Å². The number of H-pyrrole nitrogens is 1. The molecule has 1 aromatic carbocycles. The van der Waals surface area contributed by atoms with Crippen molar-refractivity contribution in [1.29, 1.82) is 0 Å². The van der Waals surface area contributed by atoms with Gasteiger partial charge in [0.05, 0.1) is 25.6 Å². The van der Waals surface area contributed by atoms with Crippen molar-refractivity contribution in [1.82, 2.24) is 14.9 Å². The van der Waals surface area contributed by atoms with E-state index in [-0.39, 0.29) is 18.1 Å². The van der Waals surface area contributed by atoms with Gasteiger partial charge in [-0.2, -0.15) is 0 Å². The number of rotatable bonds is 6. The molecule has 9 heteroatoms. The average molecular weight is 481 g/mol. The molecule has 3 heterocycles. The van der Waals surface area contributed by atoms with Gasteiger partial charge < -0.3 is 19.9 Å². The molecule has 0 radical (unpaired) electrons. The minimum atomic E-state index is -0.273. The van der Waals surface area contributed by atoms with E-state index >= 15 is 0 Å². The summed E-state index contributed by atoms with van der Waals surface area (Å²) in [7, 11) is 1.59. The van der Waals surface area contributed by atoms with Crippen molar-refractivity contribution in [3.05, 3.63) is 73.3 Å². The number of amides is 2. The van der Waals surface area contributed by atoms with Crippen LogP contribution in [0, 0.1) is 0 Å². The second-order valence-electron chi connectivity index (χ2n) is 8.00. The first-order valence-electron chi connectivity index (χ1n) is 10.9. The highest BCUT2D eigenvalue weighted by molar-refractivity contribution is 7.18. The third kappa shape index (κ3) is 4.65. The number of nitrogens with one attached hydrogen (secondary N) is 2. The predicted octanol–water partition coefficient (Wildman–Crippen LogP) is 5.17. The topological polar surface area (TPSA) is 87.3 Å². The van der Waals surface area contributed by atoms with E-state index in [9.17, 15) is 9.59 Å². The molecule has 0 saturated heterocycles. The molecule has 1 aliphatic carbocycles. The third-order valence-corrected chi connectivity index (χ3v) is 7.80. The number of aryl methyl sites for hydroxylation is 2. The molecule has 7 nitrogen and oxygen atoms in total. The largest absolute Gasteiger partial charge is 0.497 e. The van der Waals surface area contributed by atoms with E-state index in [1.165, 1.54) is 4.88 Å². The molecule has 3 aromatic heterocycles. The molecule has 2 N–H and O–H groups in total. The Morgan fingerprint density at radius 1 is 1.21 bits per heavy atom.